The maximum absolute atomic E-state index is 5.62. The summed E-state index contributed by atoms with van der Waals surface area (Å²) < 4.78 is 5.07. The fourth-order valence-electron chi connectivity index (χ4n) is 1.28. The standard InChI is InChI=1S/C11H11N3O/c1-15-10-4-2-8(3-5-10)11-6-9(12)7-13-14-11/h2-7H,1H3,(H2,12,14). The molecule has 1 aromatic carbocycles. The fourth-order valence-corrected chi connectivity index (χ4v) is 1.28. The number of hydrogen-bond donors (Lipinski definition) is 1. The summed E-state index contributed by atoms with van der Waals surface area (Å²) in [6.45, 7) is 0. The Labute approximate surface area is 87.7 Å². The van der Waals surface area contributed by atoms with Crippen LogP contribution in [0.4, 0.5) is 5.69 Å². The second-order valence-electron chi connectivity index (χ2n) is 3.10. The second-order valence-corrected chi connectivity index (χ2v) is 3.10. The van der Waals surface area contributed by atoms with Crippen molar-refractivity contribution in [3.63, 3.8) is 0 Å². The van der Waals surface area contributed by atoms with E-state index in [0.717, 1.165) is 17.0 Å². The van der Waals surface area contributed by atoms with Crippen LogP contribution < -0.4 is 10.5 Å². The molecule has 2 aromatic rings. The predicted octanol–water partition coefficient (Wildman–Crippen LogP) is 1.73. The van der Waals surface area contributed by atoms with Crippen LogP contribution in [-0.4, -0.2) is 17.3 Å². The average Bonchev–Trinajstić information content (AvgIpc) is 2.29. The van der Waals surface area contributed by atoms with Crippen LogP contribution in [0.25, 0.3) is 11.3 Å². The normalized spacial score (nSPS) is 9.93. The minimum atomic E-state index is 0.607. The second kappa shape index (κ2) is 3.96. The van der Waals surface area contributed by atoms with E-state index in [2.05, 4.69) is 10.2 Å². The van der Waals surface area contributed by atoms with Crippen LogP contribution in [-0.2, 0) is 0 Å². The van der Waals surface area contributed by atoms with Gasteiger partial charge in [-0.05, 0) is 30.3 Å². The van der Waals surface area contributed by atoms with Crippen LogP contribution in [0.3, 0.4) is 0 Å². The van der Waals surface area contributed by atoms with Crippen LogP contribution in [0.1, 0.15) is 0 Å². The third kappa shape index (κ3) is 2.04. The van der Waals surface area contributed by atoms with Crippen molar-refractivity contribution < 1.29 is 4.74 Å². The van der Waals surface area contributed by atoms with Crippen molar-refractivity contribution in [2.24, 2.45) is 0 Å². The summed E-state index contributed by atoms with van der Waals surface area (Å²) in [6, 6.07) is 9.37. The third-order valence-electron chi connectivity index (χ3n) is 2.06. The van der Waals surface area contributed by atoms with Gasteiger partial charge in [-0.15, -0.1) is 0 Å². The first-order valence-corrected chi connectivity index (χ1v) is 4.52. The molecule has 0 aliphatic heterocycles. The molecule has 0 amide bonds. The molecule has 2 N–H and O–H groups in total. The number of benzene rings is 1. The fraction of sp³-hybridized carbons (Fsp3) is 0.0909. The number of aromatic nitrogens is 2. The molecule has 4 nitrogen and oxygen atoms in total. The molecule has 2 rings (SSSR count). The number of nitrogen functional groups attached to an aromatic ring is 1. The van der Waals surface area contributed by atoms with Gasteiger partial charge < -0.3 is 10.5 Å². The zero-order valence-electron chi connectivity index (χ0n) is 8.34. The summed E-state index contributed by atoms with van der Waals surface area (Å²) in [5, 5.41) is 7.79. The van der Waals surface area contributed by atoms with Gasteiger partial charge in [0.2, 0.25) is 0 Å². The number of nitrogens with two attached hydrogens (primary N) is 1. The SMILES string of the molecule is COc1ccc(-c2cc(N)cnn2)cc1. The van der Waals surface area contributed by atoms with Gasteiger partial charge in [0.15, 0.2) is 0 Å². The summed E-state index contributed by atoms with van der Waals surface area (Å²) in [4.78, 5) is 0. The number of rotatable bonds is 2. The van der Waals surface area contributed by atoms with Crippen LogP contribution in [0, 0.1) is 0 Å². The zero-order chi connectivity index (χ0) is 10.7. The molecule has 0 saturated carbocycles. The Balaban J connectivity index is 2.37. The van der Waals surface area contributed by atoms with Gasteiger partial charge in [-0.3, -0.25) is 0 Å². The molecule has 1 heterocycles. The van der Waals surface area contributed by atoms with E-state index in [-0.39, 0.29) is 0 Å². The van der Waals surface area contributed by atoms with E-state index in [9.17, 15) is 0 Å². The van der Waals surface area contributed by atoms with Gasteiger partial charge in [0.1, 0.15) is 5.75 Å². The van der Waals surface area contributed by atoms with Crippen molar-refractivity contribution in [1.29, 1.82) is 0 Å². The van der Waals surface area contributed by atoms with E-state index in [0.29, 0.717) is 5.69 Å². The molecule has 0 atom stereocenters. The van der Waals surface area contributed by atoms with Gasteiger partial charge in [0, 0.05) is 5.56 Å². The minimum Gasteiger partial charge on any atom is -0.497 e. The summed E-state index contributed by atoms with van der Waals surface area (Å²) in [5.74, 6) is 0.815. The first-order valence-electron chi connectivity index (χ1n) is 4.52. The molecule has 0 aliphatic carbocycles. The Hall–Kier alpha value is -2.10. The van der Waals surface area contributed by atoms with E-state index in [4.69, 9.17) is 10.5 Å². The number of hydrogen-bond acceptors (Lipinski definition) is 4. The lowest BCUT2D eigenvalue weighted by molar-refractivity contribution is 0.415. The number of nitrogens with zero attached hydrogens (tertiary/aromatic N) is 2. The Morgan fingerprint density at radius 3 is 2.53 bits per heavy atom. The van der Waals surface area contributed by atoms with Gasteiger partial charge in [0.05, 0.1) is 24.7 Å². The monoisotopic (exact) mass is 201 g/mol. The molecule has 0 fully saturated rings. The van der Waals surface area contributed by atoms with E-state index >= 15 is 0 Å². The smallest absolute Gasteiger partial charge is 0.118 e. The molecular formula is C11H11N3O. The van der Waals surface area contributed by atoms with Gasteiger partial charge in [-0.1, -0.05) is 0 Å². The van der Waals surface area contributed by atoms with Crippen molar-refractivity contribution in [3.8, 4) is 17.0 Å². The Morgan fingerprint density at radius 2 is 1.93 bits per heavy atom. The van der Waals surface area contributed by atoms with Crippen molar-refractivity contribution in [2.45, 2.75) is 0 Å². The van der Waals surface area contributed by atoms with Crippen LogP contribution in [0.2, 0.25) is 0 Å². The molecular weight excluding hydrogens is 190 g/mol. The van der Waals surface area contributed by atoms with Gasteiger partial charge in [-0.25, -0.2) is 0 Å². The van der Waals surface area contributed by atoms with Crippen LogP contribution in [0.5, 0.6) is 5.75 Å². The summed E-state index contributed by atoms with van der Waals surface area (Å²) in [6.07, 6.45) is 1.52. The predicted molar refractivity (Wildman–Crippen MR) is 58.4 cm³/mol. The highest BCUT2D eigenvalue weighted by Crippen LogP contribution is 2.20. The molecule has 1 aromatic heterocycles. The van der Waals surface area contributed by atoms with Crippen molar-refractivity contribution in [1.82, 2.24) is 10.2 Å². The lowest BCUT2D eigenvalue weighted by Crippen LogP contribution is -1.92. The van der Waals surface area contributed by atoms with Crippen LogP contribution >= 0.6 is 0 Å². The number of ether oxygens (including phenoxy) is 1. The van der Waals surface area contributed by atoms with Crippen LogP contribution in [0.15, 0.2) is 36.5 Å². The Kier molecular flexibility index (Phi) is 2.49. The summed E-state index contributed by atoms with van der Waals surface area (Å²) in [5.41, 5.74) is 7.96. The lowest BCUT2D eigenvalue weighted by Gasteiger charge is -2.02. The van der Waals surface area contributed by atoms with E-state index in [1.54, 1.807) is 13.2 Å². The van der Waals surface area contributed by atoms with Gasteiger partial charge in [-0.2, -0.15) is 10.2 Å². The van der Waals surface area contributed by atoms with E-state index < -0.39 is 0 Å². The zero-order valence-corrected chi connectivity index (χ0v) is 8.34. The highest BCUT2D eigenvalue weighted by molar-refractivity contribution is 5.62. The molecule has 0 aliphatic rings. The highest BCUT2D eigenvalue weighted by atomic mass is 16.5. The summed E-state index contributed by atoms with van der Waals surface area (Å²) in [7, 11) is 1.63. The lowest BCUT2D eigenvalue weighted by atomic mass is 10.1. The molecule has 4 heteroatoms. The topological polar surface area (TPSA) is 61.0 Å². The van der Waals surface area contributed by atoms with Gasteiger partial charge in [0.25, 0.3) is 0 Å². The quantitative estimate of drug-likeness (QED) is 0.803. The molecule has 76 valence electrons. The van der Waals surface area contributed by atoms with Gasteiger partial charge >= 0.3 is 0 Å². The molecule has 0 unspecified atom stereocenters. The molecule has 0 radical (unpaired) electrons. The van der Waals surface area contributed by atoms with Crippen molar-refractivity contribution in [3.05, 3.63) is 36.5 Å². The summed E-state index contributed by atoms with van der Waals surface area (Å²) >= 11 is 0. The van der Waals surface area contributed by atoms with Crippen molar-refractivity contribution >= 4 is 5.69 Å². The Bertz CT molecular complexity index is 454. The first-order chi connectivity index (χ1) is 7.29. The van der Waals surface area contributed by atoms with Crippen molar-refractivity contribution in [2.75, 3.05) is 12.8 Å². The molecule has 0 spiro atoms. The molecule has 0 saturated heterocycles. The minimum absolute atomic E-state index is 0.607. The average molecular weight is 201 g/mol. The van der Waals surface area contributed by atoms with E-state index in [1.807, 2.05) is 24.3 Å². The maximum atomic E-state index is 5.62. The Morgan fingerprint density at radius 1 is 1.20 bits per heavy atom. The largest absolute Gasteiger partial charge is 0.497 e. The number of methoxy groups -OCH3 is 1. The maximum Gasteiger partial charge on any atom is 0.118 e. The first kappa shape index (κ1) is 9.45. The number of anilines is 1. The molecule has 0 bridgehead atoms. The van der Waals surface area contributed by atoms with E-state index in [1.165, 1.54) is 6.20 Å². The highest BCUT2D eigenvalue weighted by Gasteiger charge is 2.00. The third-order valence-corrected chi connectivity index (χ3v) is 2.06. The molecule has 15 heavy (non-hydrogen) atoms.